The van der Waals surface area contributed by atoms with Gasteiger partial charge >= 0.3 is 0 Å². The molecule has 167 valence electrons. The number of aliphatic hydroxyl groups is 2. The van der Waals surface area contributed by atoms with Crippen molar-refractivity contribution in [2.75, 3.05) is 0 Å². The van der Waals surface area contributed by atoms with Gasteiger partial charge < -0.3 is 15.2 Å². The zero-order valence-electron chi connectivity index (χ0n) is 18.1. The van der Waals surface area contributed by atoms with Crippen LogP contribution < -0.4 is 0 Å². The van der Waals surface area contributed by atoms with Crippen LogP contribution in [0.4, 0.5) is 0 Å². The van der Waals surface area contributed by atoms with Crippen LogP contribution in [0.2, 0.25) is 0 Å². The quantitative estimate of drug-likeness (QED) is 0.355. The van der Waals surface area contributed by atoms with Gasteiger partial charge in [-0.1, -0.05) is 49.1 Å². The Balaban J connectivity index is 0.000000176. The predicted octanol–water partition coefficient (Wildman–Crippen LogP) is 5.71. The van der Waals surface area contributed by atoms with E-state index in [1.54, 1.807) is 0 Å². The smallest absolute Gasteiger partial charge is 0.0595 e. The Hall–Kier alpha value is -1.58. The number of aryl methyl sites for hydroxylation is 1. The Morgan fingerprint density at radius 3 is 2.39 bits per heavy atom. The van der Waals surface area contributed by atoms with E-state index >= 15 is 0 Å². The Bertz CT molecular complexity index is 962. The summed E-state index contributed by atoms with van der Waals surface area (Å²) in [5.41, 5.74) is 3.28. The number of benzene rings is 2. The molecule has 1 radical (unpaired) electrons. The van der Waals surface area contributed by atoms with E-state index in [1.165, 1.54) is 35.6 Å². The molecule has 4 atom stereocenters. The summed E-state index contributed by atoms with van der Waals surface area (Å²) in [6.07, 6.45) is 9.23. The van der Waals surface area contributed by atoms with E-state index in [0.717, 1.165) is 36.9 Å². The topological polar surface area (TPSA) is 53.4 Å². The van der Waals surface area contributed by atoms with Gasteiger partial charge in [-0.25, -0.2) is 0 Å². The molecule has 31 heavy (non-hydrogen) atoms. The summed E-state index contributed by atoms with van der Waals surface area (Å²) in [5.74, 6) is 0.789. The van der Waals surface area contributed by atoms with E-state index in [1.807, 2.05) is 30.5 Å². The Kier molecular flexibility index (Phi) is 8.80. The van der Waals surface area contributed by atoms with Crippen LogP contribution in [0, 0.1) is 24.8 Å². The number of pyridine rings is 1. The van der Waals surface area contributed by atoms with E-state index in [4.69, 9.17) is 0 Å². The van der Waals surface area contributed by atoms with Crippen LogP contribution >= 0.6 is 0 Å². The van der Waals surface area contributed by atoms with E-state index in [-0.39, 0.29) is 38.2 Å². The summed E-state index contributed by atoms with van der Waals surface area (Å²) in [6.45, 7) is 2.11. The minimum absolute atomic E-state index is 0. The average Bonchev–Trinajstić information content (AvgIpc) is 2.96. The molecule has 1 heterocycles. The number of hydrogen-bond donors (Lipinski definition) is 2. The molecule has 2 aromatic carbocycles. The van der Waals surface area contributed by atoms with Crippen molar-refractivity contribution >= 4 is 10.8 Å². The molecule has 2 fully saturated rings. The molecule has 2 saturated carbocycles. The first-order chi connectivity index (χ1) is 14.6. The van der Waals surface area contributed by atoms with Gasteiger partial charge in [-0.05, 0) is 55.0 Å². The molecule has 3 nitrogen and oxygen atoms in total. The SMILES string of the molecule is Cc1ccc2cnc(-c3[c-]cccc3)cc2c1.OC1CCCCC2CCCC(O)C12.[Ir]. The van der Waals surface area contributed by atoms with Crippen LogP contribution in [0.5, 0.6) is 0 Å². The monoisotopic (exact) mass is 595 g/mol. The maximum absolute atomic E-state index is 9.89. The number of aliphatic hydroxyl groups excluding tert-OH is 2. The molecule has 3 aromatic rings. The second kappa shape index (κ2) is 11.3. The Morgan fingerprint density at radius 2 is 1.61 bits per heavy atom. The van der Waals surface area contributed by atoms with Crippen molar-refractivity contribution in [2.24, 2.45) is 11.8 Å². The Labute approximate surface area is 199 Å². The van der Waals surface area contributed by atoms with Gasteiger partial charge in [0.25, 0.3) is 0 Å². The fourth-order valence-corrected chi connectivity index (χ4v) is 5.11. The van der Waals surface area contributed by atoms with Crippen LogP contribution in [0.3, 0.4) is 0 Å². The van der Waals surface area contributed by atoms with E-state index in [9.17, 15) is 10.2 Å². The molecule has 0 aliphatic heterocycles. The molecule has 0 spiro atoms. The van der Waals surface area contributed by atoms with Crippen LogP contribution in [0.25, 0.3) is 22.0 Å². The summed E-state index contributed by atoms with van der Waals surface area (Å²) in [5, 5.41) is 22.1. The zero-order chi connectivity index (χ0) is 20.9. The minimum Gasteiger partial charge on any atom is -0.393 e. The fourth-order valence-electron chi connectivity index (χ4n) is 5.11. The molecule has 4 heteroatoms. The molecule has 0 amide bonds. The van der Waals surface area contributed by atoms with E-state index in [2.05, 4.69) is 42.2 Å². The van der Waals surface area contributed by atoms with Crippen molar-refractivity contribution in [1.82, 2.24) is 4.98 Å². The summed E-state index contributed by atoms with van der Waals surface area (Å²) in [7, 11) is 0. The maximum Gasteiger partial charge on any atom is 0.0595 e. The third-order valence-corrected chi connectivity index (χ3v) is 6.69. The molecule has 0 saturated heterocycles. The first-order valence-electron chi connectivity index (χ1n) is 11.3. The van der Waals surface area contributed by atoms with Gasteiger partial charge in [0.1, 0.15) is 0 Å². The molecular formula is C27H32IrNO2-. The second-order valence-electron chi connectivity index (χ2n) is 8.88. The van der Waals surface area contributed by atoms with Crippen molar-refractivity contribution in [3.8, 4) is 11.3 Å². The molecule has 4 unspecified atom stereocenters. The third-order valence-electron chi connectivity index (χ3n) is 6.69. The standard InChI is InChI=1S/C16H12N.C11H20O2.Ir/c1-12-7-8-14-11-17-16(10-15(14)9-12)13-5-3-2-4-6-13;12-9-6-2-1-4-8-5-3-7-10(13)11(8)9;/h2-5,7-11H,1H3;8-13H,1-7H2;/q-1;;. The van der Waals surface area contributed by atoms with Crippen molar-refractivity contribution in [3.63, 3.8) is 0 Å². The second-order valence-corrected chi connectivity index (χ2v) is 8.88. The van der Waals surface area contributed by atoms with Crippen molar-refractivity contribution in [3.05, 3.63) is 66.4 Å². The van der Waals surface area contributed by atoms with Crippen LogP contribution in [-0.4, -0.2) is 27.4 Å². The van der Waals surface area contributed by atoms with Gasteiger partial charge in [0.2, 0.25) is 0 Å². The van der Waals surface area contributed by atoms with Gasteiger partial charge in [0.05, 0.1) is 12.2 Å². The van der Waals surface area contributed by atoms with Gasteiger partial charge in [0, 0.05) is 32.2 Å². The molecule has 5 rings (SSSR count). The summed E-state index contributed by atoms with van der Waals surface area (Å²) in [4.78, 5) is 4.48. The van der Waals surface area contributed by atoms with Gasteiger partial charge in [-0.3, -0.25) is 0 Å². The largest absolute Gasteiger partial charge is 0.393 e. The number of rotatable bonds is 1. The Morgan fingerprint density at radius 1 is 0.871 bits per heavy atom. The third kappa shape index (κ3) is 6.02. The predicted molar refractivity (Wildman–Crippen MR) is 122 cm³/mol. The van der Waals surface area contributed by atoms with E-state index < -0.39 is 0 Å². The molecule has 0 bridgehead atoms. The maximum atomic E-state index is 9.89. The molecular weight excluding hydrogens is 563 g/mol. The van der Waals surface area contributed by atoms with Crippen LogP contribution in [-0.2, 0) is 20.1 Å². The van der Waals surface area contributed by atoms with Gasteiger partial charge in [-0.2, -0.15) is 0 Å². The molecule has 2 N–H and O–H groups in total. The minimum atomic E-state index is -0.234. The van der Waals surface area contributed by atoms with Crippen molar-refractivity contribution < 1.29 is 30.3 Å². The van der Waals surface area contributed by atoms with E-state index in [0.29, 0.717) is 5.92 Å². The fraction of sp³-hybridized carbons (Fsp3) is 0.444. The first kappa shape index (κ1) is 24.1. The van der Waals surface area contributed by atoms with Crippen molar-refractivity contribution in [2.45, 2.75) is 64.1 Å². The van der Waals surface area contributed by atoms with Crippen molar-refractivity contribution in [1.29, 1.82) is 0 Å². The normalized spacial score (nSPS) is 25.4. The molecule has 2 aliphatic rings. The summed E-state index contributed by atoms with van der Waals surface area (Å²) < 4.78 is 0. The molecule has 2 aliphatic carbocycles. The molecule has 1 aromatic heterocycles. The van der Waals surface area contributed by atoms with Gasteiger partial charge in [-0.15, -0.1) is 35.9 Å². The van der Waals surface area contributed by atoms with Crippen LogP contribution in [0.15, 0.2) is 54.7 Å². The summed E-state index contributed by atoms with van der Waals surface area (Å²) >= 11 is 0. The number of aromatic nitrogens is 1. The summed E-state index contributed by atoms with van der Waals surface area (Å²) in [6, 6.07) is 19.6. The first-order valence-corrected chi connectivity index (χ1v) is 11.3. The number of hydrogen-bond acceptors (Lipinski definition) is 3. The zero-order valence-corrected chi connectivity index (χ0v) is 20.5. The van der Waals surface area contributed by atoms with Crippen LogP contribution in [0.1, 0.15) is 50.5 Å². The number of fused-ring (bicyclic) bond motifs is 2. The average molecular weight is 595 g/mol. The van der Waals surface area contributed by atoms with Gasteiger partial charge in [0.15, 0.2) is 0 Å². The number of nitrogens with zero attached hydrogens (tertiary/aromatic N) is 1.